The van der Waals surface area contributed by atoms with Crippen LogP contribution in [-0.4, -0.2) is 23.8 Å². The Hall–Kier alpha value is -2.70. The predicted octanol–water partition coefficient (Wildman–Crippen LogP) is 2.30. The fourth-order valence-corrected chi connectivity index (χ4v) is 5.28. The summed E-state index contributed by atoms with van der Waals surface area (Å²) in [5, 5.41) is 11.0. The van der Waals surface area contributed by atoms with Crippen LogP contribution in [0.5, 0.6) is 5.75 Å². The number of allylic oxidation sites excluding steroid dienone is 2. The third kappa shape index (κ3) is 1.61. The smallest absolute Gasteiger partial charge is 0.273 e. The first-order chi connectivity index (χ1) is 12.0. The normalized spacial score (nSPS) is 33.2. The van der Waals surface area contributed by atoms with Crippen LogP contribution in [0.3, 0.4) is 0 Å². The lowest BCUT2D eigenvalue weighted by atomic mass is 9.85. The van der Waals surface area contributed by atoms with Gasteiger partial charge in [0.15, 0.2) is 0 Å². The van der Waals surface area contributed by atoms with Crippen molar-refractivity contribution in [2.75, 3.05) is 12.0 Å². The highest BCUT2D eigenvalue weighted by Gasteiger charge is 2.73. The predicted molar refractivity (Wildman–Crippen MR) is 86.9 cm³/mol. The lowest BCUT2D eigenvalue weighted by Crippen LogP contribution is -2.35. The maximum atomic E-state index is 13.1. The molecule has 1 spiro atoms. The highest BCUT2D eigenvalue weighted by molar-refractivity contribution is 6.23. The summed E-state index contributed by atoms with van der Waals surface area (Å²) in [6.07, 6.45) is 6.40. The van der Waals surface area contributed by atoms with Crippen LogP contribution in [0, 0.1) is 39.2 Å². The Bertz CT molecular complexity index is 838. The number of ether oxygens (including phenoxy) is 1. The second-order valence-electron chi connectivity index (χ2n) is 7.35. The van der Waals surface area contributed by atoms with Gasteiger partial charge >= 0.3 is 0 Å². The van der Waals surface area contributed by atoms with E-state index in [9.17, 15) is 19.7 Å². The Morgan fingerprint density at radius 2 is 1.76 bits per heavy atom. The van der Waals surface area contributed by atoms with Crippen LogP contribution in [0.1, 0.15) is 12.8 Å². The largest absolute Gasteiger partial charge is 0.494 e. The van der Waals surface area contributed by atoms with E-state index < -0.39 is 4.92 Å². The van der Waals surface area contributed by atoms with Crippen molar-refractivity contribution in [1.29, 1.82) is 0 Å². The van der Waals surface area contributed by atoms with Crippen molar-refractivity contribution in [3.63, 3.8) is 0 Å². The molecule has 0 N–H and O–H groups in total. The van der Waals surface area contributed by atoms with Gasteiger partial charge in [-0.2, -0.15) is 0 Å². The van der Waals surface area contributed by atoms with E-state index in [0.717, 1.165) is 12.8 Å². The molecule has 7 nitrogen and oxygen atoms in total. The minimum Gasteiger partial charge on any atom is -0.494 e. The molecule has 3 fully saturated rings. The van der Waals surface area contributed by atoms with E-state index in [4.69, 9.17) is 4.74 Å². The summed E-state index contributed by atoms with van der Waals surface area (Å²) in [6.45, 7) is 0. The molecule has 7 heteroatoms. The minimum atomic E-state index is -0.532. The maximum Gasteiger partial charge on any atom is 0.273 e. The molecule has 0 aromatic heterocycles. The number of hydrogen-bond acceptors (Lipinski definition) is 5. The average molecular weight is 340 g/mol. The SMILES string of the molecule is COc1cc([N+](=O)[O-])ccc1N1C(=O)C2C(C1=O)C1C=CC2C12CC2. The van der Waals surface area contributed by atoms with Crippen LogP contribution < -0.4 is 9.64 Å². The van der Waals surface area contributed by atoms with Crippen molar-refractivity contribution < 1.29 is 19.2 Å². The van der Waals surface area contributed by atoms with Crippen molar-refractivity contribution in [1.82, 2.24) is 0 Å². The molecule has 2 amide bonds. The number of amides is 2. The molecule has 5 rings (SSSR count). The zero-order chi connectivity index (χ0) is 17.5. The molecule has 25 heavy (non-hydrogen) atoms. The van der Waals surface area contributed by atoms with Crippen LogP contribution in [-0.2, 0) is 9.59 Å². The number of benzene rings is 1. The number of rotatable bonds is 3. The molecule has 0 radical (unpaired) electrons. The molecular formula is C18H16N2O5. The maximum absolute atomic E-state index is 13.1. The van der Waals surface area contributed by atoms with Gasteiger partial charge in [-0.15, -0.1) is 0 Å². The topological polar surface area (TPSA) is 89.8 Å². The van der Waals surface area contributed by atoms with Crippen LogP contribution in [0.4, 0.5) is 11.4 Å². The number of nitrogens with zero attached hydrogens (tertiary/aromatic N) is 2. The van der Waals surface area contributed by atoms with Gasteiger partial charge in [-0.25, -0.2) is 4.90 Å². The van der Waals surface area contributed by atoms with Crippen molar-refractivity contribution in [3.8, 4) is 5.75 Å². The van der Waals surface area contributed by atoms with Crippen LogP contribution in [0.15, 0.2) is 30.4 Å². The Morgan fingerprint density at radius 1 is 1.16 bits per heavy atom. The number of non-ortho nitro benzene ring substituents is 1. The zero-order valence-electron chi connectivity index (χ0n) is 13.5. The quantitative estimate of drug-likeness (QED) is 0.364. The second kappa shape index (κ2) is 4.47. The van der Waals surface area contributed by atoms with Gasteiger partial charge in [-0.3, -0.25) is 19.7 Å². The average Bonchev–Trinajstić information content (AvgIpc) is 3.20. The second-order valence-corrected chi connectivity index (χ2v) is 7.35. The van der Waals surface area contributed by atoms with E-state index in [-0.39, 0.29) is 52.3 Å². The Labute approximate surface area is 143 Å². The number of nitro groups is 1. The van der Waals surface area contributed by atoms with Crippen LogP contribution in [0.25, 0.3) is 0 Å². The van der Waals surface area contributed by atoms with Crippen molar-refractivity contribution in [2.24, 2.45) is 29.1 Å². The monoisotopic (exact) mass is 340 g/mol. The van der Waals surface area contributed by atoms with Gasteiger partial charge in [0.1, 0.15) is 5.75 Å². The lowest BCUT2D eigenvalue weighted by Gasteiger charge is -2.22. The standard InChI is InChI=1S/C18H16N2O5/c1-25-13-8-9(20(23)24)2-5-12(13)19-16(21)14-10-3-4-11(15(14)17(19)22)18(10)6-7-18/h2-5,8,10-11,14-15H,6-7H2,1H3. The summed E-state index contributed by atoms with van der Waals surface area (Å²) in [5.74, 6) is -0.552. The molecule has 128 valence electrons. The highest BCUT2D eigenvalue weighted by Crippen LogP contribution is 2.73. The summed E-state index contributed by atoms with van der Waals surface area (Å²) >= 11 is 0. The molecular weight excluding hydrogens is 324 g/mol. The Balaban J connectivity index is 1.56. The lowest BCUT2D eigenvalue weighted by molar-refractivity contribution is -0.384. The Morgan fingerprint density at radius 3 is 2.24 bits per heavy atom. The number of carbonyl (C=O) groups is 2. The van der Waals surface area contributed by atoms with E-state index in [1.165, 1.54) is 30.2 Å². The van der Waals surface area contributed by atoms with E-state index in [2.05, 4.69) is 12.2 Å². The summed E-state index contributed by atoms with van der Waals surface area (Å²) < 4.78 is 5.22. The molecule has 4 atom stereocenters. The first kappa shape index (κ1) is 14.6. The Kier molecular flexibility index (Phi) is 2.62. The van der Waals surface area contributed by atoms with Gasteiger partial charge in [0.05, 0.1) is 35.6 Å². The summed E-state index contributed by atoms with van der Waals surface area (Å²) in [7, 11) is 1.37. The first-order valence-electron chi connectivity index (χ1n) is 8.38. The van der Waals surface area contributed by atoms with Gasteiger partial charge in [0.2, 0.25) is 11.8 Å². The van der Waals surface area contributed by atoms with E-state index in [1.54, 1.807) is 0 Å². The number of carbonyl (C=O) groups excluding carboxylic acids is 2. The fourth-order valence-electron chi connectivity index (χ4n) is 5.28. The molecule has 4 aliphatic rings. The van der Waals surface area contributed by atoms with E-state index in [1.807, 2.05) is 0 Å². The molecule has 3 aliphatic carbocycles. The minimum absolute atomic E-state index is 0.140. The van der Waals surface area contributed by atoms with Gasteiger partial charge in [-0.05, 0) is 36.2 Å². The van der Waals surface area contributed by atoms with Crippen LogP contribution >= 0.6 is 0 Å². The van der Waals surface area contributed by atoms with Crippen molar-refractivity contribution >= 4 is 23.2 Å². The van der Waals surface area contributed by atoms with Gasteiger partial charge in [-0.1, -0.05) is 12.2 Å². The number of anilines is 1. The number of hydrogen-bond donors (Lipinski definition) is 0. The molecule has 1 saturated heterocycles. The summed E-state index contributed by atoms with van der Waals surface area (Å²) in [4.78, 5) is 37.7. The fraction of sp³-hybridized carbons (Fsp3) is 0.444. The first-order valence-corrected chi connectivity index (χ1v) is 8.38. The van der Waals surface area contributed by atoms with Gasteiger partial charge in [0.25, 0.3) is 5.69 Å². The van der Waals surface area contributed by atoms with E-state index in [0.29, 0.717) is 5.69 Å². The third-order valence-corrected chi connectivity index (χ3v) is 6.47. The summed E-state index contributed by atoms with van der Waals surface area (Å²) in [5.41, 5.74) is 0.298. The number of methoxy groups -OCH3 is 1. The highest BCUT2D eigenvalue weighted by atomic mass is 16.6. The number of nitro benzene ring substituents is 1. The summed E-state index contributed by atoms with van der Waals surface area (Å²) in [6, 6.07) is 3.97. The number of imide groups is 1. The molecule has 1 aromatic rings. The number of fused-ring (bicyclic) bond motifs is 3. The zero-order valence-corrected chi connectivity index (χ0v) is 13.5. The molecule has 1 heterocycles. The molecule has 1 aliphatic heterocycles. The molecule has 4 unspecified atom stereocenters. The van der Waals surface area contributed by atoms with Crippen molar-refractivity contribution in [2.45, 2.75) is 12.8 Å². The van der Waals surface area contributed by atoms with Gasteiger partial charge < -0.3 is 4.74 Å². The van der Waals surface area contributed by atoms with Crippen molar-refractivity contribution in [3.05, 3.63) is 40.5 Å². The van der Waals surface area contributed by atoms with E-state index >= 15 is 0 Å². The molecule has 2 saturated carbocycles. The molecule has 1 aromatic carbocycles. The molecule has 2 bridgehead atoms. The third-order valence-electron chi connectivity index (χ3n) is 6.47. The van der Waals surface area contributed by atoms with Gasteiger partial charge in [0, 0.05) is 6.07 Å². The van der Waals surface area contributed by atoms with Crippen LogP contribution in [0.2, 0.25) is 0 Å².